The molecule has 0 unspecified atom stereocenters. The second-order valence-corrected chi connectivity index (χ2v) is 7.03. The summed E-state index contributed by atoms with van der Waals surface area (Å²) >= 11 is 0. The second kappa shape index (κ2) is 8.64. The number of ether oxygens (including phenoxy) is 1. The molecule has 0 saturated heterocycles. The van der Waals surface area contributed by atoms with Crippen molar-refractivity contribution in [3.05, 3.63) is 66.0 Å². The molecule has 1 N–H and O–H groups in total. The van der Waals surface area contributed by atoms with E-state index in [1.165, 1.54) is 24.3 Å². The molecule has 4 nitrogen and oxygen atoms in total. The Kier molecular flexibility index (Phi) is 6.55. The minimum Gasteiger partial charge on any atom is -0.494 e. The first-order valence-corrected chi connectivity index (χ1v) is 9.10. The van der Waals surface area contributed by atoms with Crippen LogP contribution >= 0.6 is 0 Å². The number of hydrogen-bond donors (Lipinski definition) is 1. The molecule has 0 heterocycles. The van der Waals surface area contributed by atoms with Crippen molar-refractivity contribution in [1.29, 1.82) is 0 Å². The van der Waals surface area contributed by atoms with E-state index in [1.807, 2.05) is 30.3 Å². The summed E-state index contributed by atoms with van der Waals surface area (Å²) in [6.07, 6.45) is 1.03. The van der Waals surface area contributed by atoms with Crippen molar-refractivity contribution in [2.45, 2.75) is 12.8 Å². The zero-order valence-electron chi connectivity index (χ0n) is 12.7. The van der Waals surface area contributed by atoms with Gasteiger partial charge in [-0.15, -0.1) is 0 Å². The lowest BCUT2D eigenvalue weighted by Gasteiger charge is -2.08. The van der Waals surface area contributed by atoms with E-state index in [-0.39, 0.29) is 18.2 Å². The lowest BCUT2D eigenvalue weighted by Crippen LogP contribution is -2.29. The van der Waals surface area contributed by atoms with Crippen molar-refractivity contribution >= 4 is 10.0 Å². The van der Waals surface area contributed by atoms with Crippen LogP contribution < -0.4 is 9.46 Å². The third kappa shape index (κ3) is 6.80. The van der Waals surface area contributed by atoms with Gasteiger partial charge in [0.25, 0.3) is 0 Å². The van der Waals surface area contributed by atoms with Gasteiger partial charge in [-0.1, -0.05) is 30.3 Å². The second-order valence-electron chi connectivity index (χ2n) is 5.10. The van der Waals surface area contributed by atoms with Gasteiger partial charge in [-0.2, -0.15) is 0 Å². The van der Waals surface area contributed by atoms with Gasteiger partial charge in [-0.3, -0.25) is 0 Å². The van der Waals surface area contributed by atoms with Crippen LogP contribution in [0.4, 0.5) is 4.39 Å². The molecule has 2 rings (SSSR count). The van der Waals surface area contributed by atoms with Gasteiger partial charge in [0.1, 0.15) is 11.6 Å². The highest BCUT2D eigenvalue weighted by Gasteiger charge is 2.09. The maximum atomic E-state index is 12.7. The first-order valence-electron chi connectivity index (χ1n) is 7.45. The third-order valence-electron chi connectivity index (χ3n) is 3.22. The summed E-state index contributed by atoms with van der Waals surface area (Å²) in [6, 6.07) is 15.3. The van der Waals surface area contributed by atoms with Gasteiger partial charge in [0.2, 0.25) is 10.0 Å². The molecule has 0 aliphatic heterocycles. The molecular formula is C17H20FNO3S. The Morgan fingerprint density at radius 3 is 2.39 bits per heavy atom. The number of sulfonamides is 1. The Morgan fingerprint density at radius 1 is 1.00 bits per heavy atom. The van der Waals surface area contributed by atoms with Gasteiger partial charge in [-0.25, -0.2) is 17.5 Å². The summed E-state index contributed by atoms with van der Waals surface area (Å²) in [5.74, 6) is 0.201. The third-order valence-corrected chi connectivity index (χ3v) is 4.69. The standard InChI is InChI=1S/C17H20FNO3S/c18-16-7-9-17(10-8-16)22-13-4-14-23(20,21)19-12-11-15-5-2-1-3-6-15/h1-3,5-10,19H,4,11-14H2. The number of benzene rings is 2. The van der Waals surface area contributed by atoms with E-state index in [1.54, 1.807) is 0 Å². The topological polar surface area (TPSA) is 55.4 Å². The molecule has 2 aromatic carbocycles. The van der Waals surface area contributed by atoms with Crippen LogP contribution in [0.2, 0.25) is 0 Å². The minimum atomic E-state index is -3.30. The zero-order valence-corrected chi connectivity index (χ0v) is 13.6. The van der Waals surface area contributed by atoms with E-state index in [0.717, 1.165) is 5.56 Å². The molecule has 124 valence electrons. The van der Waals surface area contributed by atoms with Crippen LogP contribution in [0.1, 0.15) is 12.0 Å². The molecule has 2 aromatic rings. The van der Waals surface area contributed by atoms with Crippen LogP contribution in [0.5, 0.6) is 5.75 Å². The molecule has 0 fully saturated rings. The lowest BCUT2D eigenvalue weighted by atomic mass is 10.2. The maximum absolute atomic E-state index is 12.7. The molecule has 0 aromatic heterocycles. The maximum Gasteiger partial charge on any atom is 0.211 e. The molecule has 23 heavy (non-hydrogen) atoms. The summed E-state index contributed by atoms with van der Waals surface area (Å²) < 4.78 is 44.4. The van der Waals surface area contributed by atoms with Crippen LogP contribution in [0.25, 0.3) is 0 Å². The molecule has 0 bridgehead atoms. The molecular weight excluding hydrogens is 317 g/mol. The highest BCUT2D eigenvalue weighted by Crippen LogP contribution is 2.11. The summed E-state index contributed by atoms with van der Waals surface area (Å²) in [5, 5.41) is 0. The first kappa shape index (κ1) is 17.4. The molecule has 6 heteroatoms. The Balaban J connectivity index is 1.64. The molecule has 0 aliphatic rings. The number of halogens is 1. The summed E-state index contributed by atoms with van der Waals surface area (Å²) in [5.41, 5.74) is 1.09. The first-order chi connectivity index (χ1) is 11.1. The van der Waals surface area contributed by atoms with Crippen molar-refractivity contribution in [3.63, 3.8) is 0 Å². The van der Waals surface area contributed by atoms with E-state index in [9.17, 15) is 12.8 Å². The van der Waals surface area contributed by atoms with Crippen molar-refractivity contribution in [2.24, 2.45) is 0 Å². The number of nitrogens with one attached hydrogen (secondary N) is 1. The largest absolute Gasteiger partial charge is 0.494 e. The minimum absolute atomic E-state index is 0.00296. The molecule has 0 atom stereocenters. The Labute approximate surface area is 136 Å². The monoisotopic (exact) mass is 337 g/mol. The number of hydrogen-bond acceptors (Lipinski definition) is 3. The van der Waals surface area contributed by atoms with E-state index in [4.69, 9.17) is 4.74 Å². The van der Waals surface area contributed by atoms with Crippen molar-refractivity contribution in [3.8, 4) is 5.75 Å². The van der Waals surface area contributed by atoms with Crippen LogP contribution in [-0.2, 0) is 16.4 Å². The zero-order chi connectivity index (χ0) is 16.5. The van der Waals surface area contributed by atoms with Gasteiger partial charge in [-0.05, 0) is 42.7 Å². The van der Waals surface area contributed by atoms with Gasteiger partial charge in [0.05, 0.1) is 12.4 Å². The molecule has 0 amide bonds. The van der Waals surface area contributed by atoms with Crippen molar-refractivity contribution in [1.82, 2.24) is 4.72 Å². The summed E-state index contributed by atoms with van der Waals surface area (Å²) in [7, 11) is -3.30. The highest BCUT2D eigenvalue weighted by atomic mass is 32.2. The summed E-state index contributed by atoms with van der Waals surface area (Å²) in [4.78, 5) is 0. The average molecular weight is 337 g/mol. The van der Waals surface area contributed by atoms with Crippen LogP contribution in [-0.4, -0.2) is 27.3 Å². The smallest absolute Gasteiger partial charge is 0.211 e. The van der Waals surface area contributed by atoms with E-state index >= 15 is 0 Å². The predicted octanol–water partition coefficient (Wildman–Crippen LogP) is 2.76. The molecule has 0 radical (unpaired) electrons. The van der Waals surface area contributed by atoms with Crippen molar-refractivity contribution in [2.75, 3.05) is 18.9 Å². The highest BCUT2D eigenvalue weighted by molar-refractivity contribution is 7.89. The normalized spacial score (nSPS) is 11.3. The van der Waals surface area contributed by atoms with Gasteiger partial charge >= 0.3 is 0 Å². The van der Waals surface area contributed by atoms with E-state index in [0.29, 0.717) is 25.1 Å². The predicted molar refractivity (Wildman–Crippen MR) is 88.4 cm³/mol. The Hall–Kier alpha value is -1.92. The van der Waals surface area contributed by atoms with Crippen LogP contribution in [0, 0.1) is 5.82 Å². The Morgan fingerprint density at radius 2 is 1.70 bits per heavy atom. The molecule has 0 spiro atoms. The van der Waals surface area contributed by atoms with Crippen LogP contribution in [0.15, 0.2) is 54.6 Å². The fourth-order valence-corrected chi connectivity index (χ4v) is 3.09. The lowest BCUT2D eigenvalue weighted by molar-refractivity contribution is 0.317. The fourth-order valence-electron chi connectivity index (χ4n) is 2.04. The SMILES string of the molecule is O=S(=O)(CCCOc1ccc(F)cc1)NCCc1ccccc1. The quantitative estimate of drug-likeness (QED) is 0.716. The van der Waals surface area contributed by atoms with Crippen molar-refractivity contribution < 1.29 is 17.5 Å². The molecule has 0 aliphatic carbocycles. The van der Waals surface area contributed by atoms with Gasteiger partial charge in [0.15, 0.2) is 0 Å². The molecule has 0 saturated carbocycles. The van der Waals surface area contributed by atoms with Gasteiger partial charge < -0.3 is 4.74 Å². The van der Waals surface area contributed by atoms with E-state index < -0.39 is 10.0 Å². The van der Waals surface area contributed by atoms with E-state index in [2.05, 4.69) is 4.72 Å². The fraction of sp³-hybridized carbons (Fsp3) is 0.294. The number of rotatable bonds is 9. The Bertz CT molecular complexity index is 688. The van der Waals surface area contributed by atoms with Crippen LogP contribution in [0.3, 0.4) is 0 Å². The van der Waals surface area contributed by atoms with Gasteiger partial charge in [0, 0.05) is 6.54 Å². The average Bonchev–Trinajstić information content (AvgIpc) is 2.54. The summed E-state index contributed by atoms with van der Waals surface area (Å²) in [6.45, 7) is 0.649.